The van der Waals surface area contributed by atoms with Gasteiger partial charge in [0.15, 0.2) is 0 Å². The summed E-state index contributed by atoms with van der Waals surface area (Å²) in [6.07, 6.45) is 7.76. The number of allylic oxidation sites excluding steroid dienone is 1. The summed E-state index contributed by atoms with van der Waals surface area (Å²) in [7, 11) is 0. The maximum atomic E-state index is 11.8. The molecule has 2 saturated heterocycles. The number of amides is 1. The smallest absolute Gasteiger partial charge is 0.220 e. The minimum atomic E-state index is 0.216. The first-order valence-corrected chi connectivity index (χ1v) is 6.79. The van der Waals surface area contributed by atoms with Crippen molar-refractivity contribution < 1.29 is 4.79 Å². The fourth-order valence-electron chi connectivity index (χ4n) is 3.05. The van der Waals surface area contributed by atoms with Gasteiger partial charge in [0.25, 0.3) is 0 Å². The Bertz CT molecular complexity index is 295. The molecule has 2 heterocycles. The summed E-state index contributed by atoms with van der Waals surface area (Å²) in [6, 6.07) is 1.37. The second-order valence-corrected chi connectivity index (χ2v) is 5.76. The molecule has 0 saturated carbocycles. The molecule has 0 spiro atoms. The Labute approximate surface area is 104 Å². The van der Waals surface area contributed by atoms with Gasteiger partial charge in [-0.15, -0.1) is 0 Å². The molecule has 96 valence electrons. The van der Waals surface area contributed by atoms with E-state index in [1.807, 2.05) is 0 Å². The normalized spacial score (nSPS) is 31.1. The van der Waals surface area contributed by atoms with E-state index >= 15 is 0 Å². The lowest BCUT2D eigenvalue weighted by atomic mass is 9.89. The summed E-state index contributed by atoms with van der Waals surface area (Å²) in [4.78, 5) is 11.8. The van der Waals surface area contributed by atoms with Crippen LogP contribution in [-0.4, -0.2) is 24.5 Å². The van der Waals surface area contributed by atoms with Crippen LogP contribution in [0.5, 0.6) is 0 Å². The third-order valence-electron chi connectivity index (χ3n) is 3.85. The summed E-state index contributed by atoms with van der Waals surface area (Å²) >= 11 is 0. The molecule has 2 fully saturated rings. The van der Waals surface area contributed by atoms with Gasteiger partial charge in [-0.05, 0) is 45.4 Å². The molecule has 0 radical (unpaired) electrons. The minimum absolute atomic E-state index is 0.216. The van der Waals surface area contributed by atoms with Crippen molar-refractivity contribution in [2.45, 2.75) is 58.0 Å². The highest BCUT2D eigenvalue weighted by Crippen LogP contribution is 2.32. The Kier molecular flexibility index (Phi) is 4.21. The largest absolute Gasteiger partial charge is 0.353 e. The Morgan fingerprint density at radius 3 is 2.53 bits per heavy atom. The van der Waals surface area contributed by atoms with E-state index in [0.29, 0.717) is 31.0 Å². The lowest BCUT2D eigenvalue weighted by Crippen LogP contribution is -2.39. The van der Waals surface area contributed by atoms with E-state index in [1.165, 1.54) is 31.3 Å². The molecule has 0 aromatic rings. The fraction of sp³-hybridized carbons (Fsp3) is 0.786. The number of nitrogens with one attached hydrogen (secondary N) is 2. The fourth-order valence-corrected chi connectivity index (χ4v) is 3.05. The quantitative estimate of drug-likeness (QED) is 0.733. The van der Waals surface area contributed by atoms with E-state index in [9.17, 15) is 4.79 Å². The zero-order valence-electron chi connectivity index (χ0n) is 11.0. The van der Waals surface area contributed by atoms with E-state index in [2.05, 4.69) is 30.6 Å². The maximum absolute atomic E-state index is 11.8. The summed E-state index contributed by atoms with van der Waals surface area (Å²) in [6.45, 7) is 4.78. The molecule has 2 bridgehead atoms. The van der Waals surface area contributed by atoms with Gasteiger partial charge >= 0.3 is 0 Å². The van der Waals surface area contributed by atoms with Gasteiger partial charge in [-0.3, -0.25) is 4.79 Å². The first kappa shape index (κ1) is 12.6. The second-order valence-electron chi connectivity index (χ2n) is 5.76. The van der Waals surface area contributed by atoms with Crippen molar-refractivity contribution in [3.63, 3.8) is 0 Å². The molecule has 3 heteroatoms. The van der Waals surface area contributed by atoms with E-state index in [0.717, 1.165) is 0 Å². The molecule has 2 rings (SSSR count). The average molecular weight is 236 g/mol. The zero-order valence-corrected chi connectivity index (χ0v) is 11.0. The van der Waals surface area contributed by atoms with Gasteiger partial charge < -0.3 is 10.6 Å². The SMILES string of the molecule is CC(C)=CCNC(=O)CC1CC2CCC(C1)N2. The van der Waals surface area contributed by atoms with Gasteiger partial charge in [-0.2, -0.15) is 0 Å². The van der Waals surface area contributed by atoms with Gasteiger partial charge in [-0.25, -0.2) is 0 Å². The van der Waals surface area contributed by atoms with Crippen LogP contribution in [0, 0.1) is 5.92 Å². The minimum Gasteiger partial charge on any atom is -0.353 e. The molecular formula is C14H24N2O. The average Bonchev–Trinajstić information content (AvgIpc) is 2.57. The van der Waals surface area contributed by atoms with Crippen molar-refractivity contribution in [2.24, 2.45) is 5.92 Å². The Morgan fingerprint density at radius 1 is 1.29 bits per heavy atom. The molecule has 2 atom stereocenters. The number of piperidine rings is 1. The molecule has 0 aromatic carbocycles. The molecule has 3 nitrogen and oxygen atoms in total. The van der Waals surface area contributed by atoms with Crippen molar-refractivity contribution >= 4 is 5.91 Å². The lowest BCUT2D eigenvalue weighted by Gasteiger charge is -2.28. The Balaban J connectivity index is 1.70. The molecule has 2 aliphatic heterocycles. The molecular weight excluding hydrogens is 212 g/mol. The number of fused-ring (bicyclic) bond motifs is 2. The van der Waals surface area contributed by atoms with Crippen molar-refractivity contribution in [3.8, 4) is 0 Å². The molecule has 0 aromatic heterocycles. The van der Waals surface area contributed by atoms with Crippen molar-refractivity contribution in [1.82, 2.24) is 10.6 Å². The van der Waals surface area contributed by atoms with Crippen molar-refractivity contribution in [1.29, 1.82) is 0 Å². The highest BCUT2D eigenvalue weighted by Gasteiger charge is 2.33. The summed E-state index contributed by atoms with van der Waals surface area (Å²) in [5, 5.41) is 6.59. The predicted molar refractivity (Wildman–Crippen MR) is 69.7 cm³/mol. The molecule has 0 aliphatic carbocycles. The summed E-state index contributed by atoms with van der Waals surface area (Å²) in [5.74, 6) is 0.814. The van der Waals surface area contributed by atoms with Crippen LogP contribution in [0.1, 0.15) is 46.0 Å². The van der Waals surface area contributed by atoms with Gasteiger partial charge in [0, 0.05) is 25.0 Å². The maximum Gasteiger partial charge on any atom is 0.220 e. The van der Waals surface area contributed by atoms with Crippen LogP contribution in [-0.2, 0) is 4.79 Å². The van der Waals surface area contributed by atoms with Crippen LogP contribution >= 0.6 is 0 Å². The molecule has 1 amide bonds. The number of carbonyl (C=O) groups is 1. The monoisotopic (exact) mass is 236 g/mol. The third kappa shape index (κ3) is 3.84. The van der Waals surface area contributed by atoms with Crippen molar-refractivity contribution in [3.05, 3.63) is 11.6 Å². The van der Waals surface area contributed by atoms with Crippen LogP contribution in [0.4, 0.5) is 0 Å². The highest BCUT2D eigenvalue weighted by molar-refractivity contribution is 5.76. The number of hydrogen-bond donors (Lipinski definition) is 2. The second kappa shape index (κ2) is 5.67. The van der Waals surface area contributed by atoms with Gasteiger partial charge in [0.2, 0.25) is 5.91 Å². The zero-order chi connectivity index (χ0) is 12.3. The summed E-state index contributed by atoms with van der Waals surface area (Å²) < 4.78 is 0. The van der Waals surface area contributed by atoms with E-state index in [4.69, 9.17) is 0 Å². The van der Waals surface area contributed by atoms with E-state index in [-0.39, 0.29) is 5.91 Å². The number of rotatable bonds is 4. The van der Waals surface area contributed by atoms with Crippen LogP contribution < -0.4 is 10.6 Å². The van der Waals surface area contributed by atoms with Crippen molar-refractivity contribution in [2.75, 3.05) is 6.54 Å². The highest BCUT2D eigenvalue weighted by atomic mass is 16.1. The topological polar surface area (TPSA) is 41.1 Å². The number of carbonyl (C=O) groups excluding carboxylic acids is 1. The molecule has 2 aliphatic rings. The third-order valence-corrected chi connectivity index (χ3v) is 3.85. The van der Waals surface area contributed by atoms with Crippen LogP contribution in [0.25, 0.3) is 0 Å². The van der Waals surface area contributed by atoms with Gasteiger partial charge in [-0.1, -0.05) is 11.6 Å². The number of hydrogen-bond acceptors (Lipinski definition) is 2. The summed E-state index contributed by atoms with van der Waals surface area (Å²) in [5.41, 5.74) is 1.25. The van der Waals surface area contributed by atoms with E-state index in [1.54, 1.807) is 0 Å². The first-order chi connectivity index (χ1) is 8.13. The Morgan fingerprint density at radius 2 is 1.94 bits per heavy atom. The first-order valence-electron chi connectivity index (χ1n) is 6.79. The molecule has 17 heavy (non-hydrogen) atoms. The van der Waals surface area contributed by atoms with Crippen LogP contribution in [0.2, 0.25) is 0 Å². The van der Waals surface area contributed by atoms with Crippen LogP contribution in [0.15, 0.2) is 11.6 Å². The Hall–Kier alpha value is -0.830. The van der Waals surface area contributed by atoms with E-state index < -0.39 is 0 Å². The molecule has 2 unspecified atom stereocenters. The van der Waals surface area contributed by atoms with Gasteiger partial charge in [0.1, 0.15) is 0 Å². The van der Waals surface area contributed by atoms with Crippen LogP contribution in [0.3, 0.4) is 0 Å². The molecule has 2 N–H and O–H groups in total. The predicted octanol–water partition coefficient (Wildman–Crippen LogP) is 1.99. The lowest BCUT2D eigenvalue weighted by molar-refractivity contribution is -0.122. The standard InChI is InChI=1S/C14H24N2O/c1-10(2)5-6-15-14(17)9-11-7-12-3-4-13(8-11)16-12/h5,11-13,16H,3-4,6-9H2,1-2H3,(H,15,17). The van der Waals surface area contributed by atoms with Gasteiger partial charge in [0.05, 0.1) is 0 Å².